The van der Waals surface area contributed by atoms with E-state index in [1.165, 1.54) is 17.4 Å². The number of aromatic nitrogens is 1. The first kappa shape index (κ1) is 20.2. The fourth-order valence-corrected chi connectivity index (χ4v) is 4.30. The molecule has 0 saturated carbocycles. The van der Waals surface area contributed by atoms with E-state index >= 15 is 0 Å². The van der Waals surface area contributed by atoms with E-state index in [-0.39, 0.29) is 18.9 Å². The lowest BCUT2D eigenvalue weighted by molar-refractivity contribution is -0.116. The molecule has 8 heteroatoms. The monoisotopic (exact) mass is 415 g/mol. The van der Waals surface area contributed by atoms with E-state index in [0.29, 0.717) is 5.13 Å². The fourth-order valence-electron chi connectivity index (χ4n) is 2.52. The van der Waals surface area contributed by atoms with Gasteiger partial charge in [0.1, 0.15) is 0 Å². The third-order valence-corrected chi connectivity index (χ3v) is 6.08. The molecule has 0 spiro atoms. The van der Waals surface area contributed by atoms with Crippen molar-refractivity contribution in [1.29, 1.82) is 0 Å². The Labute approximate surface area is 168 Å². The van der Waals surface area contributed by atoms with Gasteiger partial charge in [0.2, 0.25) is 15.9 Å². The zero-order valence-electron chi connectivity index (χ0n) is 15.6. The molecule has 2 aromatic carbocycles. The number of carbonyl (C=O) groups is 1. The highest BCUT2D eigenvalue weighted by Gasteiger charge is 2.11. The van der Waals surface area contributed by atoms with Crippen LogP contribution in [-0.4, -0.2) is 25.9 Å². The molecule has 0 unspecified atom stereocenters. The quantitative estimate of drug-likeness (QED) is 0.614. The summed E-state index contributed by atoms with van der Waals surface area (Å²) in [7, 11) is -3.61. The van der Waals surface area contributed by atoms with E-state index < -0.39 is 10.0 Å². The highest BCUT2D eigenvalue weighted by atomic mass is 32.2. The summed E-state index contributed by atoms with van der Waals surface area (Å²) < 4.78 is 27.4. The van der Waals surface area contributed by atoms with Crippen molar-refractivity contribution in [2.75, 3.05) is 11.9 Å². The summed E-state index contributed by atoms with van der Waals surface area (Å²) >= 11 is 1.39. The molecule has 0 bridgehead atoms. The third kappa shape index (κ3) is 5.48. The van der Waals surface area contributed by atoms with Crippen LogP contribution in [0.3, 0.4) is 0 Å². The number of hydrogen-bond donors (Lipinski definition) is 2. The number of nitrogens with one attached hydrogen (secondary N) is 2. The summed E-state index contributed by atoms with van der Waals surface area (Å²) in [5.74, 6) is -0.290. The molecule has 6 nitrogen and oxygen atoms in total. The van der Waals surface area contributed by atoms with Crippen LogP contribution in [0.2, 0.25) is 0 Å². The zero-order valence-corrected chi connectivity index (χ0v) is 17.2. The highest BCUT2D eigenvalue weighted by molar-refractivity contribution is 7.92. The van der Waals surface area contributed by atoms with E-state index in [4.69, 9.17) is 0 Å². The molecular formula is C20H21N3O3S2. The Morgan fingerprint density at radius 3 is 2.61 bits per heavy atom. The summed E-state index contributed by atoms with van der Waals surface area (Å²) in [6, 6.07) is 13.4. The van der Waals surface area contributed by atoms with E-state index in [1.807, 2.05) is 56.3 Å². The fraction of sp³-hybridized carbons (Fsp3) is 0.200. The largest absolute Gasteiger partial charge is 0.302 e. The lowest BCUT2D eigenvalue weighted by Crippen LogP contribution is -2.26. The van der Waals surface area contributed by atoms with Crippen molar-refractivity contribution < 1.29 is 13.2 Å². The van der Waals surface area contributed by atoms with Crippen LogP contribution in [-0.2, 0) is 14.8 Å². The number of nitrogens with zero attached hydrogens (tertiary/aromatic N) is 1. The maximum atomic E-state index is 12.1. The van der Waals surface area contributed by atoms with Crippen LogP contribution in [0, 0.1) is 13.8 Å². The van der Waals surface area contributed by atoms with Crippen LogP contribution in [0.1, 0.15) is 23.1 Å². The van der Waals surface area contributed by atoms with E-state index in [1.54, 1.807) is 0 Å². The number of benzene rings is 2. The molecule has 0 aliphatic rings. The van der Waals surface area contributed by atoms with Crippen molar-refractivity contribution in [3.05, 3.63) is 64.6 Å². The molecule has 0 aliphatic carbocycles. The molecule has 146 valence electrons. The van der Waals surface area contributed by atoms with Crippen molar-refractivity contribution in [2.24, 2.45) is 0 Å². The zero-order chi connectivity index (χ0) is 20.1. The average Bonchev–Trinajstić information content (AvgIpc) is 3.05. The highest BCUT2D eigenvalue weighted by Crippen LogP contribution is 2.27. The Bertz CT molecular complexity index is 1120. The Kier molecular flexibility index (Phi) is 6.23. The van der Waals surface area contributed by atoms with Crippen molar-refractivity contribution >= 4 is 48.7 Å². The number of thiazole rings is 1. The molecule has 0 saturated heterocycles. The maximum absolute atomic E-state index is 12.1. The molecule has 3 aromatic rings. The number of amides is 1. The lowest BCUT2D eigenvalue weighted by atomic mass is 10.2. The summed E-state index contributed by atoms with van der Waals surface area (Å²) in [6.07, 6.45) is 1.54. The van der Waals surface area contributed by atoms with Crippen LogP contribution < -0.4 is 10.0 Å². The Morgan fingerprint density at radius 1 is 1.14 bits per heavy atom. The predicted octanol–water partition coefficient (Wildman–Crippen LogP) is 3.83. The first-order valence-electron chi connectivity index (χ1n) is 8.73. The van der Waals surface area contributed by atoms with Crippen molar-refractivity contribution in [3.63, 3.8) is 0 Å². The summed E-state index contributed by atoms with van der Waals surface area (Å²) in [6.45, 7) is 3.94. The van der Waals surface area contributed by atoms with Crippen LogP contribution >= 0.6 is 11.3 Å². The van der Waals surface area contributed by atoms with Crippen LogP contribution in [0.15, 0.2) is 47.9 Å². The van der Waals surface area contributed by atoms with Gasteiger partial charge in [0.05, 0.1) is 10.2 Å². The normalized spacial score (nSPS) is 11.9. The van der Waals surface area contributed by atoms with Crippen LogP contribution in [0.4, 0.5) is 5.13 Å². The van der Waals surface area contributed by atoms with Gasteiger partial charge < -0.3 is 5.32 Å². The second kappa shape index (κ2) is 8.64. The van der Waals surface area contributed by atoms with Crippen LogP contribution in [0.25, 0.3) is 16.3 Å². The van der Waals surface area contributed by atoms with Crippen molar-refractivity contribution in [2.45, 2.75) is 20.3 Å². The molecule has 2 N–H and O–H groups in total. The number of carbonyl (C=O) groups excluding carboxylic acids is 1. The summed E-state index contributed by atoms with van der Waals surface area (Å²) in [5, 5.41) is 4.34. The number of para-hydroxylation sites is 1. The standard InChI is InChI=1S/C20H21N3O3S2/c1-14-6-8-16(9-7-14)11-13-28(25,26)21-12-10-18(24)22-20-23-19-15(2)4-3-5-17(19)27-20/h3-9,11,13,21H,10,12H2,1-2H3,(H,22,23,24)/b13-11+. The predicted molar refractivity (Wildman–Crippen MR) is 115 cm³/mol. The first-order chi connectivity index (χ1) is 13.3. The van der Waals surface area contributed by atoms with Gasteiger partial charge in [-0.2, -0.15) is 0 Å². The number of hydrogen-bond acceptors (Lipinski definition) is 5. The van der Waals surface area contributed by atoms with Gasteiger partial charge >= 0.3 is 0 Å². The van der Waals surface area contributed by atoms with Gasteiger partial charge in [-0.1, -0.05) is 53.3 Å². The summed E-state index contributed by atoms with van der Waals surface area (Å²) in [5.41, 5.74) is 3.80. The van der Waals surface area contributed by atoms with Crippen molar-refractivity contribution in [1.82, 2.24) is 9.71 Å². The number of fused-ring (bicyclic) bond motifs is 1. The first-order valence-corrected chi connectivity index (χ1v) is 11.1. The van der Waals surface area contributed by atoms with Gasteiger partial charge in [-0.25, -0.2) is 18.1 Å². The van der Waals surface area contributed by atoms with Crippen molar-refractivity contribution in [3.8, 4) is 0 Å². The topological polar surface area (TPSA) is 88.2 Å². The second-order valence-corrected chi connectivity index (χ2v) is 9.07. The molecule has 1 amide bonds. The van der Waals surface area contributed by atoms with Gasteiger partial charge in [-0.05, 0) is 37.1 Å². The Balaban J connectivity index is 1.51. The van der Waals surface area contributed by atoms with Gasteiger partial charge in [-0.3, -0.25) is 4.79 Å². The average molecular weight is 416 g/mol. The van der Waals surface area contributed by atoms with Crippen LogP contribution in [0.5, 0.6) is 0 Å². The van der Waals surface area contributed by atoms with Gasteiger partial charge in [0.15, 0.2) is 5.13 Å². The third-order valence-electron chi connectivity index (χ3n) is 4.04. The SMILES string of the molecule is Cc1ccc(/C=C/S(=O)(=O)NCCC(=O)Nc2nc3c(C)cccc3s2)cc1. The minimum atomic E-state index is -3.61. The van der Waals surface area contributed by atoms with E-state index in [0.717, 1.165) is 32.3 Å². The number of anilines is 1. The molecule has 1 aromatic heterocycles. The number of aryl methyl sites for hydroxylation is 2. The van der Waals surface area contributed by atoms with Gasteiger partial charge in [0, 0.05) is 18.4 Å². The molecule has 0 aliphatic heterocycles. The Morgan fingerprint density at radius 2 is 1.89 bits per heavy atom. The minimum absolute atomic E-state index is 0.0102. The molecule has 28 heavy (non-hydrogen) atoms. The van der Waals surface area contributed by atoms with Gasteiger partial charge in [-0.15, -0.1) is 0 Å². The molecule has 0 fully saturated rings. The Hall–Kier alpha value is -2.55. The molecule has 0 radical (unpaired) electrons. The number of sulfonamides is 1. The molecule has 0 atom stereocenters. The molecular weight excluding hydrogens is 394 g/mol. The molecule has 1 heterocycles. The summed E-state index contributed by atoms with van der Waals surface area (Å²) in [4.78, 5) is 16.5. The molecule has 3 rings (SSSR count). The lowest BCUT2D eigenvalue weighted by Gasteiger charge is -2.03. The smallest absolute Gasteiger partial charge is 0.233 e. The van der Waals surface area contributed by atoms with E-state index in [2.05, 4.69) is 15.0 Å². The second-order valence-electron chi connectivity index (χ2n) is 6.39. The number of rotatable bonds is 7. The minimum Gasteiger partial charge on any atom is -0.302 e. The van der Waals surface area contributed by atoms with E-state index in [9.17, 15) is 13.2 Å². The maximum Gasteiger partial charge on any atom is 0.233 e. The van der Waals surface area contributed by atoms with Gasteiger partial charge in [0.25, 0.3) is 0 Å².